The molecule has 22 heavy (non-hydrogen) atoms. The van der Waals surface area contributed by atoms with Crippen LogP contribution in [0.2, 0.25) is 0 Å². The third-order valence-electron chi connectivity index (χ3n) is 3.96. The second-order valence-corrected chi connectivity index (χ2v) is 6.51. The van der Waals surface area contributed by atoms with E-state index < -0.39 is 0 Å². The number of aryl methyl sites for hydroxylation is 1. The van der Waals surface area contributed by atoms with Crippen molar-refractivity contribution in [2.24, 2.45) is 4.99 Å². The van der Waals surface area contributed by atoms with E-state index in [9.17, 15) is 5.11 Å². The quantitative estimate of drug-likeness (QED) is 0.428. The van der Waals surface area contributed by atoms with Gasteiger partial charge in [-0.3, -0.25) is 0 Å². The molecule has 0 radical (unpaired) electrons. The zero-order chi connectivity index (χ0) is 15.8. The molecule has 0 atom stereocenters. The van der Waals surface area contributed by atoms with E-state index in [0.717, 1.165) is 43.2 Å². The number of nitrogens with zero attached hydrogens (tertiary/aromatic N) is 1. The van der Waals surface area contributed by atoms with E-state index >= 15 is 0 Å². The molecule has 3 N–H and O–H groups in total. The molecule has 0 amide bonds. The normalized spacial score (nSPS) is 14.5. The zero-order valence-corrected chi connectivity index (χ0v) is 14.4. The fourth-order valence-electron chi connectivity index (χ4n) is 2.84. The van der Waals surface area contributed by atoms with Gasteiger partial charge in [-0.05, 0) is 56.1 Å². The molecular weight excluding hydrogens is 294 g/mol. The maximum Gasteiger partial charge on any atom is 0.191 e. The first-order valence-corrected chi connectivity index (χ1v) is 9.49. The number of fused-ring (bicyclic) bond motifs is 1. The summed E-state index contributed by atoms with van der Waals surface area (Å²) in [6, 6.07) is 3.89. The van der Waals surface area contributed by atoms with Gasteiger partial charge in [0.25, 0.3) is 0 Å². The Morgan fingerprint density at radius 1 is 1.27 bits per heavy atom. The number of hydrogen-bond donors (Lipinski definition) is 3. The summed E-state index contributed by atoms with van der Waals surface area (Å²) in [4.78, 5) is 4.65. The van der Waals surface area contributed by atoms with Crippen molar-refractivity contribution in [1.82, 2.24) is 10.6 Å². The number of thioether (sulfide) groups is 1. The van der Waals surface area contributed by atoms with Gasteiger partial charge in [-0.1, -0.05) is 6.07 Å². The summed E-state index contributed by atoms with van der Waals surface area (Å²) in [5.74, 6) is 2.25. The van der Waals surface area contributed by atoms with Crippen LogP contribution in [0.3, 0.4) is 0 Å². The molecule has 122 valence electrons. The minimum atomic E-state index is 0.379. The Labute approximate surface area is 137 Å². The third-order valence-corrected chi connectivity index (χ3v) is 4.58. The summed E-state index contributed by atoms with van der Waals surface area (Å²) in [5, 5.41) is 16.8. The van der Waals surface area contributed by atoms with Crippen molar-refractivity contribution in [2.45, 2.75) is 39.2 Å². The van der Waals surface area contributed by atoms with E-state index in [4.69, 9.17) is 0 Å². The lowest BCUT2D eigenvalue weighted by molar-refractivity contribution is 0.465. The highest BCUT2D eigenvalue weighted by molar-refractivity contribution is 7.98. The zero-order valence-electron chi connectivity index (χ0n) is 13.6. The maximum atomic E-state index is 10.2. The van der Waals surface area contributed by atoms with Crippen molar-refractivity contribution >= 4 is 17.7 Å². The fraction of sp³-hybridized carbons (Fsp3) is 0.588. The number of phenolic OH excluding ortho intramolecular Hbond substituents is 1. The van der Waals surface area contributed by atoms with Gasteiger partial charge in [-0.2, -0.15) is 11.8 Å². The van der Waals surface area contributed by atoms with Gasteiger partial charge in [0.1, 0.15) is 5.75 Å². The Balaban J connectivity index is 2.12. The number of nitrogens with one attached hydrogen (secondary N) is 2. The average Bonchev–Trinajstić information content (AvgIpc) is 2.54. The van der Waals surface area contributed by atoms with Crippen LogP contribution in [0.1, 0.15) is 36.5 Å². The molecule has 0 unspecified atom stereocenters. The van der Waals surface area contributed by atoms with Crippen molar-refractivity contribution in [3.05, 3.63) is 28.8 Å². The molecule has 1 aromatic carbocycles. The number of aromatic hydroxyl groups is 1. The van der Waals surface area contributed by atoms with Crippen LogP contribution in [-0.4, -0.2) is 36.2 Å². The van der Waals surface area contributed by atoms with E-state index in [-0.39, 0.29) is 0 Å². The molecule has 1 aliphatic carbocycles. The van der Waals surface area contributed by atoms with Crippen LogP contribution >= 0.6 is 11.8 Å². The highest BCUT2D eigenvalue weighted by Crippen LogP contribution is 2.30. The van der Waals surface area contributed by atoms with E-state index in [2.05, 4.69) is 34.9 Å². The molecule has 0 fully saturated rings. The first-order valence-electron chi connectivity index (χ1n) is 8.10. The van der Waals surface area contributed by atoms with Crippen LogP contribution in [0.15, 0.2) is 17.1 Å². The summed E-state index contributed by atoms with van der Waals surface area (Å²) in [6.45, 7) is 4.33. The smallest absolute Gasteiger partial charge is 0.191 e. The van der Waals surface area contributed by atoms with Crippen LogP contribution in [0.4, 0.5) is 0 Å². The van der Waals surface area contributed by atoms with E-state index in [1.807, 2.05) is 17.8 Å². The number of aliphatic imine (C=N–C) groups is 1. The molecule has 5 heteroatoms. The van der Waals surface area contributed by atoms with Gasteiger partial charge in [0.15, 0.2) is 5.96 Å². The number of benzene rings is 1. The van der Waals surface area contributed by atoms with Crippen LogP contribution in [0.25, 0.3) is 0 Å². The maximum absolute atomic E-state index is 10.2. The monoisotopic (exact) mass is 321 g/mol. The van der Waals surface area contributed by atoms with Gasteiger partial charge in [0.05, 0.1) is 6.54 Å². The minimum Gasteiger partial charge on any atom is -0.508 e. The molecule has 0 bridgehead atoms. The molecule has 0 aromatic heterocycles. The SMILES string of the molecule is CCNC(=NCc1c(O)ccc2c1CCCC2)NCCSC. The topological polar surface area (TPSA) is 56.7 Å². The van der Waals surface area contributed by atoms with Crippen LogP contribution in [0, 0.1) is 0 Å². The van der Waals surface area contributed by atoms with Crippen LogP contribution in [-0.2, 0) is 19.4 Å². The number of rotatable bonds is 6. The Kier molecular flexibility index (Phi) is 6.90. The lowest BCUT2D eigenvalue weighted by Gasteiger charge is -2.20. The standard InChI is InChI=1S/C17H27N3OS/c1-3-18-17(19-10-11-22-2)20-12-15-14-7-5-4-6-13(14)8-9-16(15)21/h8-9,21H,3-7,10-12H2,1-2H3,(H2,18,19,20). The molecule has 4 nitrogen and oxygen atoms in total. The highest BCUT2D eigenvalue weighted by Gasteiger charge is 2.16. The number of phenols is 1. The molecule has 1 aliphatic rings. The Morgan fingerprint density at radius 2 is 2.09 bits per heavy atom. The number of hydrogen-bond acceptors (Lipinski definition) is 3. The summed E-state index contributed by atoms with van der Waals surface area (Å²) < 4.78 is 0. The first-order chi connectivity index (χ1) is 10.8. The molecule has 1 aromatic rings. The summed E-state index contributed by atoms with van der Waals surface area (Å²) >= 11 is 1.81. The van der Waals surface area contributed by atoms with E-state index in [1.165, 1.54) is 24.0 Å². The highest BCUT2D eigenvalue weighted by atomic mass is 32.2. The van der Waals surface area contributed by atoms with Gasteiger partial charge in [-0.15, -0.1) is 0 Å². The average molecular weight is 321 g/mol. The third kappa shape index (κ3) is 4.57. The molecule has 0 spiro atoms. The molecule has 0 heterocycles. The van der Waals surface area contributed by atoms with Gasteiger partial charge < -0.3 is 15.7 Å². The van der Waals surface area contributed by atoms with Crippen LogP contribution < -0.4 is 10.6 Å². The predicted molar refractivity (Wildman–Crippen MR) is 95.9 cm³/mol. The number of guanidine groups is 1. The predicted octanol–water partition coefficient (Wildman–Crippen LogP) is 2.69. The Hall–Kier alpha value is -1.36. The van der Waals surface area contributed by atoms with Gasteiger partial charge in [-0.25, -0.2) is 4.99 Å². The van der Waals surface area contributed by atoms with Gasteiger partial charge in [0.2, 0.25) is 0 Å². The summed E-state index contributed by atoms with van der Waals surface area (Å²) in [7, 11) is 0. The van der Waals surface area contributed by atoms with Crippen molar-refractivity contribution < 1.29 is 5.11 Å². The van der Waals surface area contributed by atoms with E-state index in [0.29, 0.717) is 12.3 Å². The molecule has 0 saturated heterocycles. The molecule has 0 saturated carbocycles. The van der Waals surface area contributed by atoms with Crippen molar-refractivity contribution in [3.8, 4) is 5.75 Å². The molecular formula is C17H27N3OS. The Bertz CT molecular complexity index is 517. The van der Waals surface area contributed by atoms with Crippen molar-refractivity contribution in [1.29, 1.82) is 0 Å². The second-order valence-electron chi connectivity index (χ2n) is 5.52. The first kappa shape index (κ1) is 17.0. The summed E-state index contributed by atoms with van der Waals surface area (Å²) in [5.41, 5.74) is 3.70. The minimum absolute atomic E-state index is 0.379. The van der Waals surface area contributed by atoms with Crippen molar-refractivity contribution in [3.63, 3.8) is 0 Å². The van der Waals surface area contributed by atoms with Gasteiger partial charge in [0, 0.05) is 24.4 Å². The Morgan fingerprint density at radius 3 is 2.86 bits per heavy atom. The fourth-order valence-corrected chi connectivity index (χ4v) is 3.15. The van der Waals surface area contributed by atoms with Gasteiger partial charge >= 0.3 is 0 Å². The molecule has 0 aliphatic heterocycles. The van der Waals surface area contributed by atoms with E-state index in [1.54, 1.807) is 0 Å². The lowest BCUT2D eigenvalue weighted by Crippen LogP contribution is -2.38. The van der Waals surface area contributed by atoms with Crippen molar-refractivity contribution in [2.75, 3.05) is 25.1 Å². The summed E-state index contributed by atoms with van der Waals surface area (Å²) in [6.07, 6.45) is 6.74. The lowest BCUT2D eigenvalue weighted by atomic mass is 9.88. The largest absolute Gasteiger partial charge is 0.508 e. The van der Waals surface area contributed by atoms with Crippen LogP contribution in [0.5, 0.6) is 5.75 Å². The second kappa shape index (κ2) is 8.93. The molecule has 2 rings (SSSR count).